The van der Waals surface area contributed by atoms with Crippen molar-refractivity contribution in [2.45, 2.75) is 18.6 Å². The average molecular weight is 234 g/mol. The van der Waals surface area contributed by atoms with Crippen LogP contribution in [-0.4, -0.2) is 35.3 Å². The molecule has 3 N–H and O–H groups in total. The number of nitrogens with one attached hydrogen (secondary N) is 3. The maximum atomic E-state index is 13.7. The standard InChI is InChI=1S/C12H15FN4/c13-9-7-14-4-2-11(9)17-10-3-6-16-12-8(10)1-5-15-12/h1,3,5-6,9,11,14H,2,4,7H2,(H2,15,16,17)/t9-,11+/m0/s1. The predicted octanol–water partition coefficient (Wildman–Crippen LogP) is 1.67. The highest BCUT2D eigenvalue weighted by atomic mass is 19.1. The molecule has 2 aromatic heterocycles. The Hall–Kier alpha value is -1.62. The fourth-order valence-electron chi connectivity index (χ4n) is 2.27. The zero-order chi connectivity index (χ0) is 11.7. The first-order valence-corrected chi connectivity index (χ1v) is 5.88. The Morgan fingerprint density at radius 1 is 1.41 bits per heavy atom. The molecule has 0 amide bonds. The van der Waals surface area contributed by atoms with Crippen molar-refractivity contribution >= 4 is 16.7 Å². The summed E-state index contributed by atoms with van der Waals surface area (Å²) in [5.41, 5.74) is 1.78. The van der Waals surface area contributed by atoms with Crippen LogP contribution in [0, 0.1) is 0 Å². The van der Waals surface area contributed by atoms with E-state index >= 15 is 0 Å². The number of piperidine rings is 1. The smallest absolute Gasteiger partial charge is 0.139 e. The first-order valence-electron chi connectivity index (χ1n) is 5.88. The molecular formula is C12H15FN4. The Kier molecular flexibility index (Phi) is 2.68. The minimum Gasteiger partial charge on any atom is -0.379 e. The van der Waals surface area contributed by atoms with Crippen molar-refractivity contribution in [2.24, 2.45) is 0 Å². The molecule has 2 aromatic rings. The molecule has 1 aliphatic rings. The molecule has 5 heteroatoms. The van der Waals surface area contributed by atoms with E-state index in [1.807, 2.05) is 18.3 Å². The number of rotatable bonds is 2. The number of alkyl halides is 1. The Balaban J connectivity index is 1.86. The van der Waals surface area contributed by atoms with Crippen molar-refractivity contribution < 1.29 is 4.39 Å². The second-order valence-corrected chi connectivity index (χ2v) is 4.36. The van der Waals surface area contributed by atoms with Crippen LogP contribution in [0.1, 0.15) is 6.42 Å². The Morgan fingerprint density at radius 2 is 2.35 bits per heavy atom. The van der Waals surface area contributed by atoms with Crippen LogP contribution in [0.25, 0.3) is 11.0 Å². The molecule has 0 spiro atoms. The molecule has 90 valence electrons. The van der Waals surface area contributed by atoms with Crippen LogP contribution in [0.3, 0.4) is 0 Å². The first-order chi connectivity index (χ1) is 8.34. The molecule has 17 heavy (non-hydrogen) atoms. The number of anilines is 1. The topological polar surface area (TPSA) is 52.7 Å². The second kappa shape index (κ2) is 4.33. The van der Waals surface area contributed by atoms with Gasteiger partial charge in [0.05, 0.1) is 6.04 Å². The van der Waals surface area contributed by atoms with Gasteiger partial charge in [0.15, 0.2) is 0 Å². The summed E-state index contributed by atoms with van der Waals surface area (Å²) >= 11 is 0. The lowest BCUT2D eigenvalue weighted by atomic mass is 10.0. The zero-order valence-corrected chi connectivity index (χ0v) is 9.41. The van der Waals surface area contributed by atoms with Gasteiger partial charge >= 0.3 is 0 Å². The summed E-state index contributed by atoms with van der Waals surface area (Å²) < 4.78 is 13.7. The molecule has 0 aromatic carbocycles. The lowest BCUT2D eigenvalue weighted by Crippen LogP contribution is -2.45. The third-order valence-corrected chi connectivity index (χ3v) is 3.21. The molecule has 0 bridgehead atoms. The van der Waals surface area contributed by atoms with Gasteiger partial charge in [-0.1, -0.05) is 0 Å². The van der Waals surface area contributed by atoms with Gasteiger partial charge in [-0.2, -0.15) is 0 Å². The monoisotopic (exact) mass is 234 g/mol. The average Bonchev–Trinajstić information content (AvgIpc) is 2.81. The number of aromatic nitrogens is 2. The summed E-state index contributed by atoms with van der Waals surface area (Å²) in [5, 5.41) is 7.35. The van der Waals surface area contributed by atoms with E-state index in [2.05, 4.69) is 20.6 Å². The fraction of sp³-hybridized carbons (Fsp3) is 0.417. The van der Waals surface area contributed by atoms with Crippen LogP contribution >= 0.6 is 0 Å². The van der Waals surface area contributed by atoms with E-state index in [0.29, 0.717) is 6.54 Å². The van der Waals surface area contributed by atoms with Crippen molar-refractivity contribution in [2.75, 3.05) is 18.4 Å². The number of pyridine rings is 1. The quantitative estimate of drug-likeness (QED) is 0.741. The molecule has 2 atom stereocenters. The Morgan fingerprint density at radius 3 is 3.24 bits per heavy atom. The van der Waals surface area contributed by atoms with Crippen LogP contribution in [0.5, 0.6) is 0 Å². The van der Waals surface area contributed by atoms with Crippen LogP contribution in [0.4, 0.5) is 10.1 Å². The summed E-state index contributed by atoms with van der Waals surface area (Å²) in [5.74, 6) is 0. The lowest BCUT2D eigenvalue weighted by Gasteiger charge is -2.28. The third-order valence-electron chi connectivity index (χ3n) is 3.21. The van der Waals surface area contributed by atoms with Gasteiger partial charge < -0.3 is 15.6 Å². The van der Waals surface area contributed by atoms with E-state index in [1.165, 1.54) is 0 Å². The molecule has 0 radical (unpaired) electrons. The van der Waals surface area contributed by atoms with E-state index in [0.717, 1.165) is 29.7 Å². The molecule has 0 saturated carbocycles. The summed E-state index contributed by atoms with van der Waals surface area (Å²) in [6.07, 6.45) is 3.54. The molecule has 1 aliphatic heterocycles. The SMILES string of the molecule is F[C@H]1CNCC[C@H]1Nc1ccnc2[nH]ccc12. The maximum absolute atomic E-state index is 13.7. The molecule has 3 rings (SSSR count). The Bertz CT molecular complexity index is 510. The second-order valence-electron chi connectivity index (χ2n) is 4.36. The van der Waals surface area contributed by atoms with Gasteiger partial charge in [0.1, 0.15) is 11.8 Å². The molecule has 4 nitrogen and oxygen atoms in total. The third kappa shape index (κ3) is 1.98. The van der Waals surface area contributed by atoms with Gasteiger partial charge in [-0.05, 0) is 25.1 Å². The number of aromatic amines is 1. The summed E-state index contributed by atoms with van der Waals surface area (Å²) in [4.78, 5) is 7.26. The van der Waals surface area contributed by atoms with Gasteiger partial charge in [-0.3, -0.25) is 0 Å². The fourth-order valence-corrected chi connectivity index (χ4v) is 2.27. The van der Waals surface area contributed by atoms with Crippen molar-refractivity contribution in [3.05, 3.63) is 24.5 Å². The van der Waals surface area contributed by atoms with Crippen LogP contribution in [-0.2, 0) is 0 Å². The maximum Gasteiger partial charge on any atom is 0.139 e. The lowest BCUT2D eigenvalue weighted by molar-refractivity contribution is 0.245. The van der Waals surface area contributed by atoms with Gasteiger partial charge in [0.2, 0.25) is 0 Å². The van der Waals surface area contributed by atoms with Gasteiger partial charge in [0, 0.05) is 30.0 Å². The van der Waals surface area contributed by atoms with E-state index in [-0.39, 0.29) is 6.04 Å². The first kappa shape index (κ1) is 10.5. The van der Waals surface area contributed by atoms with Gasteiger partial charge in [0.25, 0.3) is 0 Å². The van der Waals surface area contributed by atoms with E-state index in [1.54, 1.807) is 6.20 Å². The van der Waals surface area contributed by atoms with Crippen LogP contribution in [0.15, 0.2) is 24.5 Å². The molecule has 0 aliphatic carbocycles. The number of hydrogen-bond acceptors (Lipinski definition) is 3. The number of hydrogen-bond donors (Lipinski definition) is 3. The number of halogens is 1. The van der Waals surface area contributed by atoms with Crippen molar-refractivity contribution in [1.82, 2.24) is 15.3 Å². The predicted molar refractivity (Wildman–Crippen MR) is 65.9 cm³/mol. The molecule has 1 saturated heterocycles. The molecule has 0 unspecified atom stereocenters. The minimum atomic E-state index is -0.842. The normalized spacial score (nSPS) is 25.0. The van der Waals surface area contributed by atoms with Crippen molar-refractivity contribution in [3.63, 3.8) is 0 Å². The van der Waals surface area contributed by atoms with E-state index in [9.17, 15) is 4.39 Å². The van der Waals surface area contributed by atoms with Crippen molar-refractivity contribution in [3.8, 4) is 0 Å². The number of nitrogens with zero attached hydrogens (tertiary/aromatic N) is 1. The zero-order valence-electron chi connectivity index (χ0n) is 9.41. The van der Waals surface area contributed by atoms with E-state index < -0.39 is 6.17 Å². The summed E-state index contributed by atoms with van der Waals surface area (Å²) in [7, 11) is 0. The minimum absolute atomic E-state index is 0.114. The number of H-pyrrole nitrogens is 1. The van der Waals surface area contributed by atoms with Gasteiger partial charge in [-0.25, -0.2) is 9.37 Å². The highest BCUT2D eigenvalue weighted by molar-refractivity contribution is 5.89. The number of fused-ring (bicyclic) bond motifs is 1. The van der Waals surface area contributed by atoms with Crippen LogP contribution in [0.2, 0.25) is 0 Å². The largest absolute Gasteiger partial charge is 0.379 e. The molecular weight excluding hydrogens is 219 g/mol. The van der Waals surface area contributed by atoms with E-state index in [4.69, 9.17) is 0 Å². The van der Waals surface area contributed by atoms with Gasteiger partial charge in [-0.15, -0.1) is 0 Å². The van der Waals surface area contributed by atoms with Crippen LogP contribution < -0.4 is 10.6 Å². The highest BCUT2D eigenvalue weighted by Gasteiger charge is 2.24. The van der Waals surface area contributed by atoms with Crippen molar-refractivity contribution in [1.29, 1.82) is 0 Å². The highest BCUT2D eigenvalue weighted by Crippen LogP contribution is 2.23. The summed E-state index contributed by atoms with van der Waals surface area (Å²) in [6.45, 7) is 1.29. The molecule has 3 heterocycles. The Labute approximate surface area is 98.6 Å². The molecule has 1 fully saturated rings. The summed E-state index contributed by atoms with van der Waals surface area (Å²) in [6, 6.07) is 3.74.